The van der Waals surface area contributed by atoms with Gasteiger partial charge in [-0.3, -0.25) is 4.98 Å². The number of hydrogen-bond acceptors (Lipinski definition) is 6. The average molecular weight is 420 g/mol. The summed E-state index contributed by atoms with van der Waals surface area (Å²) in [4.78, 5) is 6.89. The molecule has 31 heavy (non-hydrogen) atoms. The Morgan fingerprint density at radius 1 is 1.00 bits per heavy atom. The van der Waals surface area contributed by atoms with E-state index in [2.05, 4.69) is 60.1 Å². The SMILES string of the molecule is Cc1cc2cc(O)c(-c3ccc(N(C)C4CC(C)(C)NC(C)(C)C4)nn3)cc2nc1C. The summed E-state index contributed by atoms with van der Waals surface area (Å²) in [6.45, 7) is 13.0. The zero-order chi connectivity index (χ0) is 22.6. The molecule has 1 aliphatic rings. The molecule has 0 saturated carbocycles. The lowest BCUT2D eigenvalue weighted by Gasteiger charge is -2.49. The third-order valence-corrected chi connectivity index (χ3v) is 6.38. The summed E-state index contributed by atoms with van der Waals surface area (Å²) in [5.74, 6) is 1.03. The van der Waals surface area contributed by atoms with Gasteiger partial charge in [0.1, 0.15) is 5.75 Å². The highest BCUT2D eigenvalue weighted by molar-refractivity contribution is 5.87. The van der Waals surface area contributed by atoms with Gasteiger partial charge in [-0.1, -0.05) is 0 Å². The zero-order valence-electron chi connectivity index (χ0n) is 19.6. The number of fused-ring (bicyclic) bond motifs is 1. The van der Waals surface area contributed by atoms with Gasteiger partial charge in [0.15, 0.2) is 5.82 Å². The molecule has 3 aromatic rings. The van der Waals surface area contributed by atoms with E-state index in [1.165, 1.54) is 0 Å². The van der Waals surface area contributed by atoms with Crippen LogP contribution in [-0.2, 0) is 0 Å². The summed E-state index contributed by atoms with van der Waals surface area (Å²) in [6.07, 6.45) is 2.07. The van der Waals surface area contributed by atoms with Crippen molar-refractivity contribution in [3.63, 3.8) is 0 Å². The number of nitrogens with one attached hydrogen (secondary N) is 1. The van der Waals surface area contributed by atoms with Crippen LogP contribution < -0.4 is 10.2 Å². The molecule has 1 aromatic carbocycles. The van der Waals surface area contributed by atoms with Crippen LogP contribution in [0.4, 0.5) is 5.82 Å². The molecule has 2 aromatic heterocycles. The Morgan fingerprint density at radius 3 is 2.29 bits per heavy atom. The number of rotatable bonds is 3. The fraction of sp³-hybridized carbons (Fsp3) is 0.480. The Labute approximate surface area is 184 Å². The molecular formula is C25H33N5O. The van der Waals surface area contributed by atoms with Crippen molar-refractivity contribution in [1.29, 1.82) is 0 Å². The van der Waals surface area contributed by atoms with Crippen molar-refractivity contribution in [3.05, 3.63) is 41.6 Å². The van der Waals surface area contributed by atoms with Crippen molar-refractivity contribution in [2.24, 2.45) is 0 Å². The van der Waals surface area contributed by atoms with Crippen LogP contribution in [0.2, 0.25) is 0 Å². The third kappa shape index (κ3) is 4.35. The largest absolute Gasteiger partial charge is 0.507 e. The fourth-order valence-electron chi connectivity index (χ4n) is 5.00. The van der Waals surface area contributed by atoms with Crippen molar-refractivity contribution < 1.29 is 5.11 Å². The predicted octanol–water partition coefficient (Wildman–Crippen LogP) is 4.76. The van der Waals surface area contributed by atoms with Gasteiger partial charge in [-0.15, -0.1) is 10.2 Å². The number of pyridine rings is 1. The second kappa shape index (κ2) is 7.45. The molecule has 2 N–H and O–H groups in total. The lowest BCUT2D eigenvalue weighted by atomic mass is 9.79. The van der Waals surface area contributed by atoms with Crippen molar-refractivity contribution >= 4 is 16.7 Å². The minimum atomic E-state index is 0.0639. The number of phenolic OH excluding ortho intramolecular Hbond substituents is 1. The van der Waals surface area contributed by atoms with E-state index in [0.717, 1.165) is 40.8 Å². The van der Waals surface area contributed by atoms with Crippen LogP contribution >= 0.6 is 0 Å². The Balaban J connectivity index is 1.62. The first-order chi connectivity index (χ1) is 14.4. The van der Waals surface area contributed by atoms with Gasteiger partial charge in [0, 0.05) is 40.8 Å². The molecule has 0 spiro atoms. The molecule has 1 saturated heterocycles. The van der Waals surface area contributed by atoms with Gasteiger partial charge in [-0.2, -0.15) is 0 Å². The highest BCUT2D eigenvalue weighted by Crippen LogP contribution is 2.35. The zero-order valence-corrected chi connectivity index (χ0v) is 19.6. The number of aromatic nitrogens is 3. The number of aromatic hydroxyl groups is 1. The van der Waals surface area contributed by atoms with Crippen LogP contribution in [0.3, 0.4) is 0 Å². The van der Waals surface area contributed by atoms with Crippen LogP contribution in [0.5, 0.6) is 5.75 Å². The maximum absolute atomic E-state index is 10.6. The number of anilines is 1. The van der Waals surface area contributed by atoms with E-state index < -0.39 is 0 Å². The van der Waals surface area contributed by atoms with Crippen LogP contribution in [0.1, 0.15) is 51.8 Å². The Bertz CT molecular complexity index is 1100. The summed E-state index contributed by atoms with van der Waals surface area (Å²) in [5, 5.41) is 24.2. The second-order valence-electron chi connectivity index (χ2n) is 10.3. The molecule has 6 nitrogen and oxygen atoms in total. The lowest BCUT2D eigenvalue weighted by Crippen LogP contribution is -2.62. The number of phenols is 1. The topological polar surface area (TPSA) is 74.2 Å². The predicted molar refractivity (Wildman–Crippen MR) is 127 cm³/mol. The van der Waals surface area contributed by atoms with E-state index in [1.54, 1.807) is 6.07 Å². The maximum Gasteiger partial charge on any atom is 0.151 e. The van der Waals surface area contributed by atoms with Crippen LogP contribution in [0.15, 0.2) is 30.3 Å². The molecule has 1 fully saturated rings. The van der Waals surface area contributed by atoms with Crippen molar-refractivity contribution in [2.45, 2.75) is 71.5 Å². The standard InChI is InChI=1S/C25H33N5O/c1-15-10-17-11-22(31)19(12-21(17)26-16(15)2)20-8-9-23(28-27-20)30(7)18-13-24(3,4)29-25(5,6)14-18/h8-12,18,29,31H,13-14H2,1-7H3. The van der Waals surface area contributed by atoms with Crippen molar-refractivity contribution in [3.8, 4) is 17.0 Å². The summed E-state index contributed by atoms with van der Waals surface area (Å²) in [7, 11) is 2.09. The normalized spacial score (nSPS) is 18.3. The molecule has 0 bridgehead atoms. The Morgan fingerprint density at radius 2 is 1.68 bits per heavy atom. The third-order valence-electron chi connectivity index (χ3n) is 6.38. The quantitative estimate of drug-likeness (QED) is 0.638. The number of piperidine rings is 1. The summed E-state index contributed by atoms with van der Waals surface area (Å²) < 4.78 is 0. The lowest BCUT2D eigenvalue weighted by molar-refractivity contribution is 0.160. The molecular weight excluding hydrogens is 386 g/mol. The summed E-state index contributed by atoms with van der Waals surface area (Å²) in [6, 6.07) is 9.98. The maximum atomic E-state index is 10.6. The molecule has 6 heteroatoms. The van der Waals surface area contributed by atoms with Crippen LogP contribution in [-0.4, -0.2) is 44.5 Å². The number of nitrogens with zero attached hydrogens (tertiary/aromatic N) is 4. The molecule has 3 heterocycles. The number of hydrogen-bond donors (Lipinski definition) is 2. The smallest absolute Gasteiger partial charge is 0.151 e. The monoisotopic (exact) mass is 419 g/mol. The van der Waals surface area contributed by atoms with E-state index >= 15 is 0 Å². The van der Waals surface area contributed by atoms with Gasteiger partial charge < -0.3 is 15.3 Å². The van der Waals surface area contributed by atoms with Gasteiger partial charge >= 0.3 is 0 Å². The van der Waals surface area contributed by atoms with Gasteiger partial charge in [0.25, 0.3) is 0 Å². The fourth-order valence-corrected chi connectivity index (χ4v) is 5.00. The van der Waals surface area contributed by atoms with E-state index in [4.69, 9.17) is 0 Å². The minimum Gasteiger partial charge on any atom is -0.507 e. The first-order valence-electron chi connectivity index (χ1n) is 10.9. The Hall–Kier alpha value is -2.73. The van der Waals surface area contributed by atoms with Gasteiger partial charge in [-0.25, -0.2) is 0 Å². The van der Waals surface area contributed by atoms with E-state index in [0.29, 0.717) is 17.3 Å². The average Bonchev–Trinajstić information content (AvgIpc) is 2.66. The van der Waals surface area contributed by atoms with Crippen molar-refractivity contribution in [2.75, 3.05) is 11.9 Å². The van der Waals surface area contributed by atoms with Gasteiger partial charge in [0.05, 0.1) is 11.2 Å². The second-order valence-corrected chi connectivity index (χ2v) is 10.3. The summed E-state index contributed by atoms with van der Waals surface area (Å²) >= 11 is 0. The Kier molecular flexibility index (Phi) is 5.16. The molecule has 4 rings (SSSR count). The van der Waals surface area contributed by atoms with Crippen LogP contribution in [0, 0.1) is 13.8 Å². The van der Waals surface area contributed by atoms with E-state index in [9.17, 15) is 5.11 Å². The highest BCUT2D eigenvalue weighted by atomic mass is 16.3. The number of aryl methyl sites for hydroxylation is 2. The van der Waals surface area contributed by atoms with E-state index in [-0.39, 0.29) is 16.8 Å². The number of benzene rings is 1. The van der Waals surface area contributed by atoms with Gasteiger partial charge in [0.2, 0.25) is 0 Å². The molecule has 0 aliphatic carbocycles. The molecule has 0 atom stereocenters. The van der Waals surface area contributed by atoms with Gasteiger partial charge in [-0.05, 0) is 90.3 Å². The molecule has 0 radical (unpaired) electrons. The minimum absolute atomic E-state index is 0.0639. The molecule has 1 aliphatic heterocycles. The van der Waals surface area contributed by atoms with Crippen molar-refractivity contribution in [1.82, 2.24) is 20.5 Å². The van der Waals surface area contributed by atoms with Crippen LogP contribution in [0.25, 0.3) is 22.2 Å². The highest BCUT2D eigenvalue weighted by Gasteiger charge is 2.39. The summed E-state index contributed by atoms with van der Waals surface area (Å²) in [5.41, 5.74) is 4.36. The molecule has 0 unspecified atom stereocenters. The molecule has 164 valence electrons. The first kappa shape index (κ1) is 21.5. The molecule has 0 amide bonds. The van der Waals surface area contributed by atoms with E-state index in [1.807, 2.05) is 38.1 Å². The first-order valence-corrected chi connectivity index (χ1v) is 10.9.